The number of hydrogen-bond donors (Lipinski definition) is 2. The first kappa shape index (κ1) is 21.0. The lowest BCUT2D eigenvalue weighted by atomic mass is 10.1. The van der Waals surface area contributed by atoms with Gasteiger partial charge in [0, 0.05) is 22.8 Å². The summed E-state index contributed by atoms with van der Waals surface area (Å²) in [6.45, 7) is 0. The number of carbonyl (C=O) groups is 1. The highest BCUT2D eigenvalue weighted by Crippen LogP contribution is 2.34. The highest BCUT2D eigenvalue weighted by molar-refractivity contribution is 5.94. The van der Waals surface area contributed by atoms with E-state index in [1.807, 2.05) is 18.2 Å². The predicted molar refractivity (Wildman–Crippen MR) is 121 cm³/mol. The van der Waals surface area contributed by atoms with Crippen LogP contribution in [-0.4, -0.2) is 30.1 Å². The van der Waals surface area contributed by atoms with E-state index in [1.165, 1.54) is 18.5 Å². The molecule has 0 spiro atoms. The van der Waals surface area contributed by atoms with E-state index in [0.717, 1.165) is 16.6 Å². The van der Waals surface area contributed by atoms with Crippen molar-refractivity contribution in [3.63, 3.8) is 0 Å². The van der Waals surface area contributed by atoms with Gasteiger partial charge < -0.3 is 20.1 Å². The summed E-state index contributed by atoms with van der Waals surface area (Å²) in [6.07, 6.45) is 1.64. The minimum atomic E-state index is -0.328. The summed E-state index contributed by atoms with van der Waals surface area (Å²) in [5.41, 5.74) is 2.90. The first-order valence-electron chi connectivity index (χ1n) is 9.84. The molecule has 0 bridgehead atoms. The molecule has 0 saturated heterocycles. The zero-order valence-electron chi connectivity index (χ0n) is 17.6. The minimum absolute atomic E-state index is 0.165. The molecule has 0 radical (unpaired) electrons. The number of nitrogens with zero attached hydrogens (tertiary/aromatic N) is 2. The van der Waals surface area contributed by atoms with E-state index in [1.54, 1.807) is 44.6 Å². The second kappa shape index (κ2) is 9.30. The molecule has 0 saturated carbocycles. The molecular weight excluding hydrogens is 411 g/mol. The molecule has 0 aliphatic heterocycles. The zero-order chi connectivity index (χ0) is 22.5. The third kappa shape index (κ3) is 4.75. The van der Waals surface area contributed by atoms with Crippen LogP contribution in [0.2, 0.25) is 0 Å². The summed E-state index contributed by atoms with van der Waals surface area (Å²) in [6, 6.07) is 16.7. The summed E-state index contributed by atoms with van der Waals surface area (Å²) in [4.78, 5) is 20.9. The number of carbonyl (C=O) groups excluding carboxylic acids is 1. The average Bonchev–Trinajstić information content (AvgIpc) is 2.81. The van der Waals surface area contributed by atoms with E-state index >= 15 is 0 Å². The summed E-state index contributed by atoms with van der Waals surface area (Å²) < 4.78 is 23.7. The quantitative estimate of drug-likeness (QED) is 0.440. The molecule has 4 rings (SSSR count). The first-order valence-corrected chi connectivity index (χ1v) is 9.84. The summed E-state index contributed by atoms with van der Waals surface area (Å²) in [5.74, 6) is 1.28. The largest absolute Gasteiger partial charge is 0.493 e. The van der Waals surface area contributed by atoms with Gasteiger partial charge in [-0.05, 0) is 48.0 Å². The van der Waals surface area contributed by atoms with Gasteiger partial charge in [-0.1, -0.05) is 12.1 Å². The molecule has 4 aromatic rings. The number of halogens is 1. The maximum atomic E-state index is 13.0. The average molecular weight is 432 g/mol. The van der Waals surface area contributed by atoms with Crippen molar-refractivity contribution < 1.29 is 18.7 Å². The van der Waals surface area contributed by atoms with E-state index < -0.39 is 0 Å². The maximum Gasteiger partial charge on any atom is 0.228 e. The van der Waals surface area contributed by atoms with Crippen LogP contribution in [0.15, 0.2) is 67.0 Å². The molecule has 0 aliphatic rings. The van der Waals surface area contributed by atoms with E-state index in [4.69, 9.17) is 9.47 Å². The van der Waals surface area contributed by atoms with E-state index in [0.29, 0.717) is 28.5 Å². The molecule has 3 aromatic carbocycles. The van der Waals surface area contributed by atoms with Crippen LogP contribution in [0.25, 0.3) is 10.9 Å². The Morgan fingerprint density at radius 3 is 2.25 bits per heavy atom. The standard InChI is InChI=1S/C24H21FN4O3/c1-31-21-12-19-20(13-22(21)32-2)26-14-27-24(19)29-18-9-7-17(8-10-18)28-23(30)11-15-3-5-16(25)6-4-15/h3-10,12-14H,11H2,1-2H3,(H,28,30)(H,26,27,29). The molecule has 1 aromatic heterocycles. The van der Waals surface area contributed by atoms with Crippen LogP contribution >= 0.6 is 0 Å². The normalized spacial score (nSPS) is 10.6. The molecule has 162 valence electrons. The number of rotatable bonds is 7. The third-order valence-corrected chi connectivity index (χ3v) is 4.85. The Morgan fingerprint density at radius 2 is 1.56 bits per heavy atom. The fourth-order valence-corrected chi connectivity index (χ4v) is 3.25. The van der Waals surface area contributed by atoms with E-state index in [9.17, 15) is 9.18 Å². The molecule has 1 heterocycles. The van der Waals surface area contributed by atoms with Crippen molar-refractivity contribution in [2.45, 2.75) is 6.42 Å². The van der Waals surface area contributed by atoms with Crippen LogP contribution in [0.5, 0.6) is 11.5 Å². The second-order valence-electron chi connectivity index (χ2n) is 7.00. The van der Waals surface area contributed by atoms with Gasteiger partial charge in [0.15, 0.2) is 11.5 Å². The fraction of sp³-hybridized carbons (Fsp3) is 0.125. The zero-order valence-corrected chi connectivity index (χ0v) is 17.6. The predicted octanol–water partition coefficient (Wildman–Crippen LogP) is 4.71. The van der Waals surface area contributed by atoms with Gasteiger partial charge in [0.1, 0.15) is 18.0 Å². The lowest BCUT2D eigenvalue weighted by Gasteiger charge is -2.12. The van der Waals surface area contributed by atoms with Crippen molar-refractivity contribution in [2.24, 2.45) is 0 Å². The lowest BCUT2D eigenvalue weighted by molar-refractivity contribution is -0.115. The molecule has 1 amide bonds. The monoisotopic (exact) mass is 432 g/mol. The van der Waals surface area contributed by atoms with Crippen molar-refractivity contribution in [3.8, 4) is 11.5 Å². The summed E-state index contributed by atoms with van der Waals surface area (Å²) in [5, 5.41) is 6.88. The van der Waals surface area contributed by atoms with Gasteiger partial charge >= 0.3 is 0 Å². The highest BCUT2D eigenvalue weighted by Gasteiger charge is 2.11. The number of amides is 1. The molecule has 0 atom stereocenters. The Kier molecular flexibility index (Phi) is 6.12. The molecule has 2 N–H and O–H groups in total. The first-order chi connectivity index (χ1) is 15.6. The van der Waals surface area contributed by atoms with Crippen LogP contribution in [0.4, 0.5) is 21.6 Å². The van der Waals surface area contributed by atoms with Gasteiger partial charge in [-0.2, -0.15) is 0 Å². The fourth-order valence-electron chi connectivity index (χ4n) is 3.25. The molecule has 7 nitrogen and oxygen atoms in total. The number of hydrogen-bond acceptors (Lipinski definition) is 6. The van der Waals surface area contributed by atoms with Gasteiger partial charge in [-0.25, -0.2) is 14.4 Å². The van der Waals surface area contributed by atoms with Crippen LogP contribution in [-0.2, 0) is 11.2 Å². The van der Waals surface area contributed by atoms with Crippen LogP contribution < -0.4 is 20.1 Å². The van der Waals surface area contributed by atoms with Crippen molar-refractivity contribution >= 4 is 34.0 Å². The SMILES string of the molecule is COc1cc2ncnc(Nc3ccc(NC(=O)Cc4ccc(F)cc4)cc3)c2cc1OC. The van der Waals surface area contributed by atoms with Crippen molar-refractivity contribution in [2.75, 3.05) is 24.9 Å². The number of anilines is 3. The Balaban J connectivity index is 1.47. The molecule has 0 fully saturated rings. The molecule has 32 heavy (non-hydrogen) atoms. The van der Waals surface area contributed by atoms with Crippen molar-refractivity contribution in [1.82, 2.24) is 9.97 Å². The minimum Gasteiger partial charge on any atom is -0.493 e. The Morgan fingerprint density at radius 1 is 0.906 bits per heavy atom. The van der Waals surface area contributed by atoms with E-state index in [-0.39, 0.29) is 18.1 Å². The molecule has 8 heteroatoms. The van der Waals surface area contributed by atoms with Gasteiger partial charge in [0.05, 0.1) is 26.2 Å². The van der Waals surface area contributed by atoms with Gasteiger partial charge in [-0.3, -0.25) is 4.79 Å². The number of ether oxygens (including phenoxy) is 2. The molecular formula is C24H21FN4O3. The van der Waals surface area contributed by atoms with Gasteiger partial charge in [0.25, 0.3) is 0 Å². The maximum absolute atomic E-state index is 13.0. The Hall–Kier alpha value is -4.20. The Bertz CT molecular complexity index is 1240. The van der Waals surface area contributed by atoms with Gasteiger partial charge in [0.2, 0.25) is 5.91 Å². The van der Waals surface area contributed by atoms with Crippen LogP contribution in [0, 0.1) is 5.82 Å². The van der Waals surface area contributed by atoms with Crippen LogP contribution in [0.3, 0.4) is 0 Å². The summed E-state index contributed by atoms with van der Waals surface area (Å²) >= 11 is 0. The topological polar surface area (TPSA) is 85.4 Å². The number of methoxy groups -OCH3 is 2. The lowest BCUT2D eigenvalue weighted by Crippen LogP contribution is -2.14. The second-order valence-corrected chi connectivity index (χ2v) is 7.00. The van der Waals surface area contributed by atoms with Gasteiger partial charge in [-0.15, -0.1) is 0 Å². The Labute approximate surface area is 184 Å². The summed E-state index contributed by atoms with van der Waals surface area (Å²) in [7, 11) is 3.15. The van der Waals surface area contributed by atoms with Crippen molar-refractivity contribution in [3.05, 3.63) is 78.4 Å². The third-order valence-electron chi connectivity index (χ3n) is 4.85. The van der Waals surface area contributed by atoms with E-state index in [2.05, 4.69) is 20.6 Å². The number of aromatic nitrogens is 2. The van der Waals surface area contributed by atoms with Crippen molar-refractivity contribution in [1.29, 1.82) is 0 Å². The van der Waals surface area contributed by atoms with Crippen LogP contribution in [0.1, 0.15) is 5.56 Å². The molecule has 0 aliphatic carbocycles. The molecule has 0 unspecified atom stereocenters. The number of benzene rings is 3. The smallest absolute Gasteiger partial charge is 0.228 e. The number of fused-ring (bicyclic) bond motifs is 1. The highest BCUT2D eigenvalue weighted by atomic mass is 19.1. The number of nitrogens with one attached hydrogen (secondary N) is 2.